The summed E-state index contributed by atoms with van der Waals surface area (Å²) in [5.74, 6) is -1.23. The molecular weight excluding hydrogens is 400 g/mol. The first-order valence-electron chi connectivity index (χ1n) is 10.7. The minimum atomic E-state index is -0.932. The van der Waals surface area contributed by atoms with Crippen LogP contribution in [0.15, 0.2) is 30.3 Å². The first kappa shape index (κ1) is 24.4. The van der Waals surface area contributed by atoms with Gasteiger partial charge in [-0.3, -0.25) is 9.59 Å². The molecule has 1 aromatic carbocycles. The molecule has 1 aromatic rings. The summed E-state index contributed by atoms with van der Waals surface area (Å²) in [4.78, 5) is 49.4. The lowest BCUT2D eigenvalue weighted by Gasteiger charge is -2.30. The number of benzene rings is 1. The standard InChI is InChI=1S/C23H32N2O6/c1-15(2)12-19(24-23(29)31-14-16-8-5-4-6-9-16)21(27)25-20(22(28)30-3)17-10-7-11-18(26)13-17/h4-6,8-9,15,17,19-20H,7,10-14H2,1-3H3,(H,24,29)(H,25,27)/t17-,19+,20+/m1/s1. The fourth-order valence-electron chi connectivity index (χ4n) is 3.70. The maximum atomic E-state index is 13.0. The third kappa shape index (κ3) is 8.03. The predicted molar refractivity (Wildman–Crippen MR) is 114 cm³/mol. The van der Waals surface area contributed by atoms with E-state index in [4.69, 9.17) is 9.47 Å². The van der Waals surface area contributed by atoms with Crippen molar-refractivity contribution in [1.82, 2.24) is 10.6 Å². The van der Waals surface area contributed by atoms with Crippen molar-refractivity contribution >= 4 is 23.8 Å². The fraction of sp³-hybridized carbons (Fsp3) is 0.565. The fourth-order valence-corrected chi connectivity index (χ4v) is 3.70. The van der Waals surface area contributed by atoms with Gasteiger partial charge in [0.1, 0.15) is 24.5 Å². The van der Waals surface area contributed by atoms with Crippen LogP contribution < -0.4 is 10.6 Å². The maximum Gasteiger partial charge on any atom is 0.408 e. The molecule has 8 nitrogen and oxygen atoms in total. The Morgan fingerprint density at radius 3 is 2.45 bits per heavy atom. The third-order valence-electron chi connectivity index (χ3n) is 5.27. The summed E-state index contributed by atoms with van der Waals surface area (Å²) >= 11 is 0. The van der Waals surface area contributed by atoms with Crippen LogP contribution >= 0.6 is 0 Å². The number of rotatable bonds is 9. The molecule has 170 valence electrons. The van der Waals surface area contributed by atoms with Gasteiger partial charge in [0.2, 0.25) is 5.91 Å². The van der Waals surface area contributed by atoms with Gasteiger partial charge in [0.05, 0.1) is 7.11 Å². The van der Waals surface area contributed by atoms with E-state index < -0.39 is 30.1 Å². The first-order chi connectivity index (χ1) is 14.8. The lowest BCUT2D eigenvalue weighted by Crippen LogP contribution is -2.55. The molecule has 2 N–H and O–H groups in total. The summed E-state index contributed by atoms with van der Waals surface area (Å²) in [5, 5.41) is 5.31. The van der Waals surface area contributed by atoms with E-state index in [0.29, 0.717) is 25.7 Å². The number of hydrogen-bond donors (Lipinski definition) is 2. The zero-order valence-corrected chi connectivity index (χ0v) is 18.4. The number of carbonyl (C=O) groups is 4. The van der Waals surface area contributed by atoms with Crippen LogP contribution in [0.25, 0.3) is 0 Å². The van der Waals surface area contributed by atoms with Gasteiger partial charge in [-0.1, -0.05) is 44.2 Å². The molecule has 2 amide bonds. The molecule has 0 aromatic heterocycles. The van der Waals surface area contributed by atoms with Crippen molar-refractivity contribution in [2.75, 3.05) is 7.11 Å². The number of ketones is 1. The highest BCUT2D eigenvalue weighted by Crippen LogP contribution is 2.25. The van der Waals surface area contributed by atoms with Gasteiger partial charge in [-0.15, -0.1) is 0 Å². The molecule has 0 aliphatic heterocycles. The summed E-state index contributed by atoms with van der Waals surface area (Å²) < 4.78 is 10.1. The first-order valence-corrected chi connectivity index (χ1v) is 10.7. The quantitative estimate of drug-likeness (QED) is 0.581. The Hall–Kier alpha value is -2.90. The van der Waals surface area contributed by atoms with E-state index in [1.54, 1.807) is 0 Å². The molecule has 0 saturated heterocycles. The average Bonchev–Trinajstić information content (AvgIpc) is 2.75. The molecule has 1 saturated carbocycles. The van der Waals surface area contributed by atoms with Crippen LogP contribution in [0.4, 0.5) is 4.79 Å². The Balaban J connectivity index is 2.02. The number of carbonyl (C=O) groups excluding carboxylic acids is 4. The second-order valence-electron chi connectivity index (χ2n) is 8.29. The van der Waals surface area contributed by atoms with Crippen molar-refractivity contribution in [3.63, 3.8) is 0 Å². The van der Waals surface area contributed by atoms with Gasteiger partial charge < -0.3 is 20.1 Å². The van der Waals surface area contributed by atoms with Crippen molar-refractivity contribution in [3.05, 3.63) is 35.9 Å². The molecule has 31 heavy (non-hydrogen) atoms. The number of ether oxygens (including phenoxy) is 2. The van der Waals surface area contributed by atoms with Crippen LogP contribution in [0.1, 0.15) is 51.5 Å². The van der Waals surface area contributed by atoms with E-state index >= 15 is 0 Å². The summed E-state index contributed by atoms with van der Waals surface area (Å²) in [7, 11) is 1.25. The van der Waals surface area contributed by atoms with Gasteiger partial charge >= 0.3 is 12.1 Å². The molecule has 3 atom stereocenters. The van der Waals surface area contributed by atoms with E-state index in [2.05, 4.69) is 10.6 Å². The SMILES string of the molecule is COC(=O)[C@@H](NC(=O)[C@H](CC(C)C)NC(=O)OCc1ccccc1)[C@@H]1CCCC(=O)C1. The van der Waals surface area contributed by atoms with E-state index in [1.807, 2.05) is 44.2 Å². The van der Waals surface area contributed by atoms with E-state index in [9.17, 15) is 19.2 Å². The van der Waals surface area contributed by atoms with Crippen LogP contribution in [-0.4, -0.2) is 42.9 Å². The second-order valence-corrected chi connectivity index (χ2v) is 8.29. The van der Waals surface area contributed by atoms with Crippen LogP contribution in [0.5, 0.6) is 0 Å². The number of methoxy groups -OCH3 is 1. The lowest BCUT2D eigenvalue weighted by molar-refractivity contribution is -0.147. The Kier molecular flexibility index (Phi) is 9.49. The van der Waals surface area contributed by atoms with Gasteiger partial charge in [0.25, 0.3) is 0 Å². The van der Waals surface area contributed by atoms with E-state index in [-0.39, 0.29) is 30.6 Å². The van der Waals surface area contributed by atoms with Crippen molar-refractivity contribution in [3.8, 4) is 0 Å². The summed E-state index contributed by atoms with van der Waals surface area (Å²) in [5.41, 5.74) is 0.829. The summed E-state index contributed by atoms with van der Waals surface area (Å²) in [6.45, 7) is 3.93. The topological polar surface area (TPSA) is 111 Å². The molecule has 1 aliphatic rings. The Labute approximate surface area is 183 Å². The van der Waals surface area contributed by atoms with Gasteiger partial charge in [0.15, 0.2) is 0 Å². The molecule has 0 heterocycles. The van der Waals surface area contributed by atoms with Crippen molar-refractivity contribution < 1.29 is 28.7 Å². The van der Waals surface area contributed by atoms with Crippen LogP contribution in [0, 0.1) is 11.8 Å². The van der Waals surface area contributed by atoms with Gasteiger partial charge in [-0.25, -0.2) is 9.59 Å². The van der Waals surface area contributed by atoms with Crippen molar-refractivity contribution in [2.45, 2.75) is 64.6 Å². The molecule has 0 radical (unpaired) electrons. The molecule has 0 bridgehead atoms. The normalized spacial score (nSPS) is 18.1. The number of amides is 2. The highest BCUT2D eigenvalue weighted by Gasteiger charge is 2.36. The number of Topliss-reactive ketones (excluding diaryl/α,β-unsaturated/α-hetero) is 1. The van der Waals surface area contributed by atoms with Crippen LogP contribution in [-0.2, 0) is 30.5 Å². The highest BCUT2D eigenvalue weighted by atomic mass is 16.5. The van der Waals surface area contributed by atoms with Crippen LogP contribution in [0.3, 0.4) is 0 Å². The average molecular weight is 433 g/mol. The molecular formula is C23H32N2O6. The molecule has 2 rings (SSSR count). The molecule has 1 fully saturated rings. The van der Waals surface area contributed by atoms with Crippen molar-refractivity contribution in [1.29, 1.82) is 0 Å². The molecule has 8 heteroatoms. The van der Waals surface area contributed by atoms with Crippen LogP contribution in [0.2, 0.25) is 0 Å². The minimum Gasteiger partial charge on any atom is -0.467 e. The summed E-state index contributed by atoms with van der Waals surface area (Å²) in [6, 6.07) is 7.40. The minimum absolute atomic E-state index is 0.0701. The summed E-state index contributed by atoms with van der Waals surface area (Å²) in [6.07, 6.45) is 1.68. The third-order valence-corrected chi connectivity index (χ3v) is 5.27. The number of esters is 1. The Bertz CT molecular complexity index is 765. The maximum absolute atomic E-state index is 13.0. The Morgan fingerprint density at radius 2 is 1.84 bits per heavy atom. The highest BCUT2D eigenvalue weighted by molar-refractivity contribution is 5.90. The lowest BCUT2D eigenvalue weighted by atomic mass is 9.83. The smallest absolute Gasteiger partial charge is 0.408 e. The van der Waals surface area contributed by atoms with Gasteiger partial charge in [-0.05, 0) is 36.7 Å². The van der Waals surface area contributed by atoms with Crippen molar-refractivity contribution in [2.24, 2.45) is 11.8 Å². The molecule has 0 unspecified atom stereocenters. The Morgan fingerprint density at radius 1 is 1.13 bits per heavy atom. The monoisotopic (exact) mass is 432 g/mol. The molecule has 0 spiro atoms. The largest absolute Gasteiger partial charge is 0.467 e. The second kappa shape index (κ2) is 12.1. The zero-order valence-electron chi connectivity index (χ0n) is 18.4. The van der Waals surface area contributed by atoms with E-state index in [1.165, 1.54) is 7.11 Å². The number of nitrogens with one attached hydrogen (secondary N) is 2. The van der Waals surface area contributed by atoms with E-state index in [0.717, 1.165) is 5.56 Å². The van der Waals surface area contributed by atoms with Gasteiger partial charge in [0, 0.05) is 12.8 Å². The predicted octanol–water partition coefficient (Wildman–Crippen LogP) is 2.74. The zero-order chi connectivity index (χ0) is 22.8. The van der Waals surface area contributed by atoms with Gasteiger partial charge in [-0.2, -0.15) is 0 Å². The molecule has 1 aliphatic carbocycles. The number of hydrogen-bond acceptors (Lipinski definition) is 6. The number of alkyl carbamates (subject to hydrolysis) is 1.